The first-order valence-corrected chi connectivity index (χ1v) is 6.46. The average molecular weight is 252 g/mol. The van der Waals surface area contributed by atoms with Crippen molar-refractivity contribution in [2.24, 2.45) is 0 Å². The fraction of sp³-hybridized carbons (Fsp3) is 0.111. The fourth-order valence-electron chi connectivity index (χ4n) is 1.21. The second-order valence-electron chi connectivity index (χ2n) is 3.11. The van der Waals surface area contributed by atoms with Gasteiger partial charge in [-0.2, -0.15) is 0 Å². The van der Waals surface area contributed by atoms with Crippen molar-refractivity contribution in [1.82, 2.24) is 10.2 Å². The Bertz CT molecular complexity index is 451. The standard InChI is InChI=1S/C9H9BN2O2S2/c13-10(14)8-3-1-2-7(4-8)5-15-9-12-11-6-16-9/h1-4,6,13-14H,5H2. The molecule has 0 atom stereocenters. The molecule has 16 heavy (non-hydrogen) atoms. The lowest BCUT2D eigenvalue weighted by Crippen LogP contribution is -2.29. The van der Waals surface area contributed by atoms with Gasteiger partial charge >= 0.3 is 7.12 Å². The van der Waals surface area contributed by atoms with Crippen molar-refractivity contribution in [2.45, 2.75) is 10.1 Å². The van der Waals surface area contributed by atoms with Gasteiger partial charge in [0, 0.05) is 5.75 Å². The molecule has 4 nitrogen and oxygen atoms in total. The molecule has 0 fully saturated rings. The van der Waals surface area contributed by atoms with Gasteiger partial charge in [0.25, 0.3) is 0 Å². The van der Waals surface area contributed by atoms with Crippen molar-refractivity contribution in [3.8, 4) is 0 Å². The topological polar surface area (TPSA) is 66.2 Å². The van der Waals surface area contributed by atoms with Crippen LogP contribution in [0.1, 0.15) is 5.56 Å². The van der Waals surface area contributed by atoms with Crippen molar-refractivity contribution in [2.75, 3.05) is 0 Å². The summed E-state index contributed by atoms with van der Waals surface area (Å²) < 4.78 is 0.912. The Balaban J connectivity index is 2.01. The van der Waals surface area contributed by atoms with Gasteiger partial charge in [-0.1, -0.05) is 47.4 Å². The summed E-state index contributed by atoms with van der Waals surface area (Å²) in [5.74, 6) is 0.746. The maximum atomic E-state index is 9.03. The SMILES string of the molecule is OB(O)c1cccc(CSc2nncs2)c1. The normalized spacial score (nSPS) is 10.4. The highest BCUT2D eigenvalue weighted by Gasteiger charge is 2.10. The molecular formula is C9H9BN2O2S2. The van der Waals surface area contributed by atoms with E-state index in [1.165, 1.54) is 11.3 Å². The second-order valence-corrected chi connectivity index (χ2v) is 5.17. The molecule has 1 heterocycles. The van der Waals surface area contributed by atoms with Gasteiger partial charge in [-0.15, -0.1) is 10.2 Å². The highest BCUT2D eigenvalue weighted by atomic mass is 32.2. The van der Waals surface area contributed by atoms with E-state index in [-0.39, 0.29) is 0 Å². The van der Waals surface area contributed by atoms with Crippen LogP contribution >= 0.6 is 23.1 Å². The Labute approximate surface area is 102 Å². The average Bonchev–Trinajstić information content (AvgIpc) is 2.79. The van der Waals surface area contributed by atoms with Crippen LogP contribution < -0.4 is 5.46 Å². The van der Waals surface area contributed by atoms with Gasteiger partial charge in [0.15, 0.2) is 4.34 Å². The summed E-state index contributed by atoms with van der Waals surface area (Å²) in [6, 6.07) is 7.22. The third-order valence-corrected chi connectivity index (χ3v) is 3.88. The van der Waals surface area contributed by atoms with E-state index in [4.69, 9.17) is 10.0 Å². The number of thioether (sulfide) groups is 1. The Morgan fingerprint density at radius 1 is 1.38 bits per heavy atom. The molecule has 7 heteroatoms. The largest absolute Gasteiger partial charge is 0.488 e. The number of hydrogen-bond acceptors (Lipinski definition) is 6. The van der Waals surface area contributed by atoms with Crippen molar-refractivity contribution < 1.29 is 10.0 Å². The zero-order valence-corrected chi connectivity index (χ0v) is 9.91. The molecule has 0 aliphatic heterocycles. The molecule has 0 radical (unpaired) electrons. The van der Waals surface area contributed by atoms with E-state index >= 15 is 0 Å². The van der Waals surface area contributed by atoms with E-state index in [1.54, 1.807) is 29.4 Å². The summed E-state index contributed by atoms with van der Waals surface area (Å²) in [5.41, 5.74) is 3.23. The van der Waals surface area contributed by atoms with Gasteiger partial charge in [0.05, 0.1) is 0 Å². The quantitative estimate of drug-likeness (QED) is 0.613. The highest BCUT2D eigenvalue weighted by molar-refractivity contribution is 8.00. The molecule has 0 aliphatic rings. The van der Waals surface area contributed by atoms with Crippen LogP contribution in [0.2, 0.25) is 0 Å². The number of benzene rings is 1. The second kappa shape index (κ2) is 5.45. The zero-order chi connectivity index (χ0) is 11.4. The Kier molecular flexibility index (Phi) is 3.95. The van der Waals surface area contributed by atoms with Crippen LogP contribution in [-0.4, -0.2) is 27.4 Å². The van der Waals surface area contributed by atoms with Crippen LogP contribution in [0.25, 0.3) is 0 Å². The van der Waals surface area contributed by atoms with E-state index < -0.39 is 7.12 Å². The molecule has 0 saturated heterocycles. The van der Waals surface area contributed by atoms with E-state index in [2.05, 4.69) is 10.2 Å². The van der Waals surface area contributed by atoms with Gasteiger partial charge in [0.2, 0.25) is 0 Å². The van der Waals surface area contributed by atoms with Gasteiger partial charge in [-0.3, -0.25) is 0 Å². The van der Waals surface area contributed by atoms with Crippen LogP contribution in [0.15, 0.2) is 34.1 Å². The maximum absolute atomic E-state index is 9.03. The highest BCUT2D eigenvalue weighted by Crippen LogP contribution is 2.22. The third kappa shape index (κ3) is 3.05. The molecular weight excluding hydrogens is 243 g/mol. The van der Waals surface area contributed by atoms with Crippen LogP contribution in [0, 0.1) is 0 Å². The summed E-state index contributed by atoms with van der Waals surface area (Å²) >= 11 is 3.08. The predicted octanol–water partition coefficient (Wildman–Crippen LogP) is 0.510. The molecule has 0 unspecified atom stereocenters. The molecule has 2 aromatic rings. The number of rotatable bonds is 4. The minimum atomic E-state index is -1.41. The summed E-state index contributed by atoms with van der Waals surface area (Å²) in [6.07, 6.45) is 0. The van der Waals surface area contributed by atoms with Crippen LogP contribution in [-0.2, 0) is 5.75 Å². The molecule has 1 aromatic carbocycles. The summed E-state index contributed by atoms with van der Waals surface area (Å²) in [6.45, 7) is 0. The summed E-state index contributed by atoms with van der Waals surface area (Å²) in [5, 5.41) is 25.7. The van der Waals surface area contributed by atoms with E-state index in [1.807, 2.05) is 12.1 Å². The first kappa shape index (κ1) is 11.6. The van der Waals surface area contributed by atoms with Gasteiger partial charge in [-0.05, 0) is 11.0 Å². The third-order valence-electron chi connectivity index (χ3n) is 1.95. The fourth-order valence-corrected chi connectivity index (χ4v) is 2.65. The summed E-state index contributed by atoms with van der Waals surface area (Å²) in [7, 11) is -1.41. The molecule has 82 valence electrons. The number of aromatic nitrogens is 2. The Morgan fingerprint density at radius 2 is 2.25 bits per heavy atom. The van der Waals surface area contributed by atoms with Gasteiger partial charge in [0.1, 0.15) is 5.51 Å². The molecule has 0 spiro atoms. The Hall–Kier alpha value is -0.885. The van der Waals surface area contributed by atoms with Crippen molar-refractivity contribution in [3.63, 3.8) is 0 Å². The minimum absolute atomic E-state index is 0.510. The molecule has 0 amide bonds. The Morgan fingerprint density at radius 3 is 2.94 bits per heavy atom. The maximum Gasteiger partial charge on any atom is 0.488 e. The lowest BCUT2D eigenvalue weighted by atomic mass is 9.80. The van der Waals surface area contributed by atoms with E-state index in [0.717, 1.165) is 15.7 Å². The number of hydrogen-bond donors (Lipinski definition) is 2. The van der Waals surface area contributed by atoms with Crippen molar-refractivity contribution in [3.05, 3.63) is 35.3 Å². The molecule has 0 saturated carbocycles. The molecule has 2 rings (SSSR count). The van der Waals surface area contributed by atoms with Crippen LogP contribution in [0.3, 0.4) is 0 Å². The molecule has 1 aromatic heterocycles. The molecule has 0 bridgehead atoms. The van der Waals surface area contributed by atoms with E-state index in [0.29, 0.717) is 5.46 Å². The van der Waals surface area contributed by atoms with E-state index in [9.17, 15) is 0 Å². The zero-order valence-electron chi connectivity index (χ0n) is 8.28. The van der Waals surface area contributed by atoms with Gasteiger partial charge < -0.3 is 10.0 Å². The first-order chi connectivity index (χ1) is 7.75. The lowest BCUT2D eigenvalue weighted by molar-refractivity contribution is 0.425. The minimum Gasteiger partial charge on any atom is -0.423 e. The summed E-state index contributed by atoms with van der Waals surface area (Å²) in [4.78, 5) is 0. The predicted molar refractivity (Wildman–Crippen MR) is 65.7 cm³/mol. The smallest absolute Gasteiger partial charge is 0.423 e. The molecule has 0 aliphatic carbocycles. The van der Waals surface area contributed by atoms with Crippen LogP contribution in [0.4, 0.5) is 0 Å². The first-order valence-electron chi connectivity index (χ1n) is 4.59. The monoisotopic (exact) mass is 252 g/mol. The lowest BCUT2D eigenvalue weighted by Gasteiger charge is -2.02. The number of nitrogens with zero attached hydrogens (tertiary/aromatic N) is 2. The van der Waals surface area contributed by atoms with Crippen molar-refractivity contribution >= 4 is 35.7 Å². The molecule has 2 N–H and O–H groups in total. The van der Waals surface area contributed by atoms with Crippen LogP contribution in [0.5, 0.6) is 0 Å². The van der Waals surface area contributed by atoms with Gasteiger partial charge in [-0.25, -0.2) is 0 Å². The van der Waals surface area contributed by atoms with Crippen molar-refractivity contribution in [1.29, 1.82) is 0 Å².